The second-order valence-corrected chi connectivity index (χ2v) is 17.3. The zero-order valence-electron chi connectivity index (χ0n) is 27.1. The first-order chi connectivity index (χ1) is 20.1. The number of carbonyl (C=O) groups excluding carboxylic acids is 3. The van der Waals surface area contributed by atoms with Crippen LogP contribution in [0.5, 0.6) is 0 Å². The van der Waals surface area contributed by atoms with Crippen LogP contribution in [0.1, 0.15) is 113 Å². The molecule has 6 bridgehead atoms. The Labute approximate surface area is 257 Å². The minimum atomic E-state index is -3.53. The fourth-order valence-electron chi connectivity index (χ4n) is 8.95. The average molecular weight is 625 g/mol. The third kappa shape index (κ3) is 5.88. The summed E-state index contributed by atoms with van der Waals surface area (Å²) in [6.07, 6.45) is 9.18. The molecule has 1 saturated heterocycles. The van der Waals surface area contributed by atoms with Crippen molar-refractivity contribution in [2.24, 2.45) is 46.3 Å². The van der Waals surface area contributed by atoms with Crippen LogP contribution in [-0.2, 0) is 42.9 Å². The highest BCUT2D eigenvalue weighted by molar-refractivity contribution is 7.87. The monoisotopic (exact) mass is 624 g/mol. The van der Waals surface area contributed by atoms with E-state index < -0.39 is 51.5 Å². The first-order valence-electron chi connectivity index (χ1n) is 16.6. The summed E-state index contributed by atoms with van der Waals surface area (Å²) in [6, 6.07) is 0. The average Bonchev–Trinajstić information content (AvgIpc) is 3.58. The molecule has 0 radical (unpaired) electrons. The van der Waals surface area contributed by atoms with Gasteiger partial charge in [-0.05, 0) is 116 Å². The van der Waals surface area contributed by atoms with E-state index in [-0.39, 0.29) is 28.8 Å². The van der Waals surface area contributed by atoms with Crippen LogP contribution in [0.4, 0.5) is 0 Å². The predicted molar refractivity (Wildman–Crippen MR) is 159 cm³/mol. The molecule has 0 amide bonds. The zero-order chi connectivity index (χ0) is 31.5. The van der Waals surface area contributed by atoms with Crippen molar-refractivity contribution in [2.45, 2.75) is 136 Å². The Balaban J connectivity index is 0.000000173. The van der Waals surface area contributed by atoms with Crippen LogP contribution in [0, 0.1) is 46.3 Å². The number of carbonyl (C=O) groups is 3. The Morgan fingerprint density at radius 3 is 1.91 bits per heavy atom. The van der Waals surface area contributed by atoms with Gasteiger partial charge in [0.05, 0.1) is 16.1 Å². The second-order valence-electron chi connectivity index (χ2n) is 15.5. The third-order valence-corrected chi connectivity index (χ3v) is 14.0. The van der Waals surface area contributed by atoms with Crippen LogP contribution in [-0.4, -0.2) is 56.0 Å². The zero-order valence-corrected chi connectivity index (χ0v) is 27.9. The van der Waals surface area contributed by atoms with Gasteiger partial charge in [0.1, 0.15) is 17.8 Å². The fraction of sp³-hybridized carbons (Fsp3) is 0.909. The summed E-state index contributed by atoms with van der Waals surface area (Å²) >= 11 is 0. The number of fused-ring (bicyclic) bond motifs is 1. The van der Waals surface area contributed by atoms with Gasteiger partial charge in [-0.1, -0.05) is 20.8 Å². The maximum atomic E-state index is 12.6. The lowest BCUT2D eigenvalue weighted by Gasteiger charge is -2.60. The Morgan fingerprint density at radius 2 is 1.37 bits per heavy atom. The van der Waals surface area contributed by atoms with E-state index in [1.54, 1.807) is 13.8 Å². The summed E-state index contributed by atoms with van der Waals surface area (Å²) in [4.78, 5) is 36.4. The lowest BCUT2D eigenvalue weighted by molar-refractivity contribution is -0.218. The van der Waals surface area contributed by atoms with E-state index in [1.165, 1.54) is 32.1 Å². The highest BCUT2D eigenvalue weighted by Gasteiger charge is 2.65. The van der Waals surface area contributed by atoms with Crippen molar-refractivity contribution in [3.05, 3.63) is 0 Å². The van der Waals surface area contributed by atoms with Crippen LogP contribution in [0.15, 0.2) is 0 Å². The third-order valence-electron chi connectivity index (χ3n) is 12.2. The molecule has 0 N–H and O–H groups in total. The van der Waals surface area contributed by atoms with Crippen LogP contribution >= 0.6 is 0 Å². The molecule has 0 spiro atoms. The molecule has 1 heterocycles. The Bertz CT molecular complexity index is 1180. The molecule has 10 heteroatoms. The van der Waals surface area contributed by atoms with E-state index in [4.69, 9.17) is 18.4 Å². The highest BCUT2D eigenvalue weighted by Crippen LogP contribution is 2.61. The van der Waals surface area contributed by atoms with Gasteiger partial charge in [-0.3, -0.25) is 13.8 Å². The van der Waals surface area contributed by atoms with E-state index in [0.29, 0.717) is 31.1 Å². The number of ether oxygens (including phenoxy) is 3. The van der Waals surface area contributed by atoms with Crippen molar-refractivity contribution >= 4 is 28.0 Å². The SMILES string of the molecule is CCC(C)(C)C(=O)OC1(CC)C2CC3CC(C2)CC1C3.CCC(C)(C)C(=O)OCC(=O)OC1C2CC3C1OS(=O)(=O)C3C2. The van der Waals surface area contributed by atoms with Gasteiger partial charge in [-0.15, -0.1) is 0 Å². The van der Waals surface area contributed by atoms with Crippen LogP contribution < -0.4 is 0 Å². The second kappa shape index (κ2) is 11.6. The molecule has 1 aliphatic heterocycles. The molecule has 0 aromatic rings. The summed E-state index contributed by atoms with van der Waals surface area (Å²) < 4.78 is 45.4. The minimum absolute atomic E-state index is 0.0130. The van der Waals surface area contributed by atoms with Gasteiger partial charge in [0.15, 0.2) is 6.61 Å². The molecule has 5 atom stereocenters. The van der Waals surface area contributed by atoms with Crippen LogP contribution in [0.2, 0.25) is 0 Å². The molecule has 7 rings (SSSR count). The molecule has 43 heavy (non-hydrogen) atoms. The molecule has 6 aliphatic carbocycles. The number of esters is 3. The van der Waals surface area contributed by atoms with Crippen molar-refractivity contribution in [1.82, 2.24) is 0 Å². The lowest BCUT2D eigenvalue weighted by Crippen LogP contribution is -2.60. The molecule has 9 nitrogen and oxygen atoms in total. The smallest absolute Gasteiger partial charge is 0.344 e. The van der Waals surface area contributed by atoms with Crippen molar-refractivity contribution in [2.75, 3.05) is 6.61 Å². The topological polar surface area (TPSA) is 122 Å². The number of rotatable bonds is 9. The Morgan fingerprint density at radius 1 is 0.814 bits per heavy atom. The largest absolute Gasteiger partial charge is 0.458 e. The summed E-state index contributed by atoms with van der Waals surface area (Å²) in [5.74, 6) is 1.99. The minimum Gasteiger partial charge on any atom is -0.458 e. The van der Waals surface area contributed by atoms with Crippen molar-refractivity contribution < 1.29 is 41.2 Å². The van der Waals surface area contributed by atoms with Gasteiger partial charge in [0.2, 0.25) is 0 Å². The molecule has 0 aromatic heterocycles. The summed E-state index contributed by atoms with van der Waals surface area (Å²) in [7, 11) is -3.53. The maximum absolute atomic E-state index is 12.6. The van der Waals surface area contributed by atoms with E-state index in [2.05, 4.69) is 13.8 Å². The Kier molecular flexibility index (Phi) is 8.82. The van der Waals surface area contributed by atoms with Crippen LogP contribution in [0.3, 0.4) is 0 Å². The summed E-state index contributed by atoms with van der Waals surface area (Å²) in [5, 5.41) is -0.448. The quantitative estimate of drug-likeness (QED) is 0.184. The molecule has 5 unspecified atom stereocenters. The van der Waals surface area contributed by atoms with E-state index in [0.717, 1.165) is 24.7 Å². The first-order valence-corrected chi connectivity index (χ1v) is 18.1. The van der Waals surface area contributed by atoms with Crippen LogP contribution in [0.25, 0.3) is 0 Å². The normalized spacial score (nSPS) is 39.7. The molecule has 7 aliphatic rings. The van der Waals surface area contributed by atoms with E-state index in [1.807, 2.05) is 20.8 Å². The highest BCUT2D eigenvalue weighted by atomic mass is 32.2. The van der Waals surface area contributed by atoms with Crippen molar-refractivity contribution in [3.8, 4) is 0 Å². The number of hydrogen-bond acceptors (Lipinski definition) is 9. The van der Waals surface area contributed by atoms with Gasteiger partial charge < -0.3 is 14.2 Å². The van der Waals surface area contributed by atoms with Gasteiger partial charge in [-0.2, -0.15) is 8.42 Å². The van der Waals surface area contributed by atoms with Crippen molar-refractivity contribution in [1.29, 1.82) is 0 Å². The molecule has 244 valence electrons. The van der Waals surface area contributed by atoms with E-state index >= 15 is 0 Å². The van der Waals surface area contributed by atoms with Gasteiger partial charge in [0, 0.05) is 11.8 Å². The van der Waals surface area contributed by atoms with E-state index in [9.17, 15) is 22.8 Å². The standard InChI is InChI=1S/C18H30O2.C15H22O7S/c1-5-17(3,4)16(19)20-18(6-2)14-8-12-7-13(10-14)11-15(18)9-12;1-4-15(2,3)14(17)20-7-11(16)21-12-8-5-9-10(6-8)23(18,19)22-13(9)12/h12-15H,5-11H2,1-4H3;8-10,12-13H,4-7H2,1-3H3. The predicted octanol–water partition coefficient (Wildman–Crippen LogP) is 5.59. The first kappa shape index (κ1) is 32.7. The summed E-state index contributed by atoms with van der Waals surface area (Å²) in [5.41, 5.74) is -1.11. The molecular formula is C33H52O9S. The molecule has 6 saturated carbocycles. The molecule has 0 aromatic carbocycles. The van der Waals surface area contributed by atoms with Gasteiger partial charge >= 0.3 is 17.9 Å². The number of hydrogen-bond donors (Lipinski definition) is 0. The Hall–Kier alpha value is -1.68. The van der Waals surface area contributed by atoms with Gasteiger partial charge in [-0.25, -0.2) is 4.79 Å². The van der Waals surface area contributed by atoms with Crippen molar-refractivity contribution in [3.63, 3.8) is 0 Å². The lowest BCUT2D eigenvalue weighted by atomic mass is 9.49. The molecular weight excluding hydrogens is 572 g/mol. The molecule has 7 fully saturated rings. The van der Waals surface area contributed by atoms with Gasteiger partial charge in [0.25, 0.3) is 10.1 Å². The summed E-state index contributed by atoms with van der Waals surface area (Å²) in [6.45, 7) is 13.2. The fourth-order valence-corrected chi connectivity index (χ4v) is 10.8. The maximum Gasteiger partial charge on any atom is 0.344 e.